The lowest BCUT2D eigenvalue weighted by atomic mass is 9.64. The largest absolute Gasteiger partial charge is 0.465 e. The zero-order valence-corrected chi connectivity index (χ0v) is 11.7. The fourth-order valence-electron chi connectivity index (χ4n) is 3.52. The van der Waals surface area contributed by atoms with E-state index < -0.39 is 0 Å². The Bertz CT molecular complexity index is 292. The van der Waals surface area contributed by atoms with E-state index in [1.54, 1.807) is 0 Å². The average molecular weight is 253 g/mol. The SMILES string of the molecule is CCCCOC(=O)C1CCC(C)C(N)C2CCC12. The Morgan fingerprint density at radius 3 is 2.56 bits per heavy atom. The summed E-state index contributed by atoms with van der Waals surface area (Å²) in [5.41, 5.74) is 6.30. The number of nitrogens with two attached hydrogens (primary N) is 1. The maximum Gasteiger partial charge on any atom is 0.309 e. The molecule has 5 unspecified atom stereocenters. The summed E-state index contributed by atoms with van der Waals surface area (Å²) in [6.45, 7) is 4.93. The summed E-state index contributed by atoms with van der Waals surface area (Å²) >= 11 is 0. The Kier molecular flexibility index (Phi) is 4.66. The molecule has 0 aliphatic heterocycles. The fraction of sp³-hybridized carbons (Fsp3) is 0.933. The first-order valence-corrected chi connectivity index (χ1v) is 7.57. The number of rotatable bonds is 4. The van der Waals surface area contributed by atoms with Crippen molar-refractivity contribution in [2.75, 3.05) is 6.61 Å². The first-order valence-electron chi connectivity index (χ1n) is 7.57. The molecule has 5 atom stereocenters. The summed E-state index contributed by atoms with van der Waals surface area (Å²) in [4.78, 5) is 12.2. The van der Waals surface area contributed by atoms with Crippen LogP contribution in [0.4, 0.5) is 0 Å². The Balaban J connectivity index is 1.93. The molecule has 2 aliphatic rings. The summed E-state index contributed by atoms with van der Waals surface area (Å²) < 4.78 is 5.42. The maximum absolute atomic E-state index is 12.2. The van der Waals surface area contributed by atoms with Crippen LogP contribution in [0, 0.1) is 23.7 Å². The van der Waals surface area contributed by atoms with E-state index in [-0.39, 0.29) is 17.9 Å². The molecular weight excluding hydrogens is 226 g/mol. The number of carbonyl (C=O) groups excluding carboxylic acids is 1. The molecule has 0 aromatic carbocycles. The molecule has 0 saturated heterocycles. The average Bonchev–Trinajstić information content (AvgIpc) is 2.38. The third-order valence-corrected chi connectivity index (χ3v) is 5.03. The van der Waals surface area contributed by atoms with Gasteiger partial charge in [0.25, 0.3) is 0 Å². The highest BCUT2D eigenvalue weighted by Gasteiger charge is 2.46. The lowest BCUT2D eigenvalue weighted by molar-refractivity contribution is -0.153. The highest BCUT2D eigenvalue weighted by molar-refractivity contribution is 5.73. The molecule has 3 nitrogen and oxygen atoms in total. The normalized spacial score (nSPS) is 39.4. The van der Waals surface area contributed by atoms with Crippen molar-refractivity contribution >= 4 is 5.97 Å². The van der Waals surface area contributed by atoms with Crippen LogP contribution in [0.15, 0.2) is 0 Å². The Morgan fingerprint density at radius 2 is 1.94 bits per heavy atom. The van der Waals surface area contributed by atoms with Crippen LogP contribution in [-0.4, -0.2) is 18.6 Å². The summed E-state index contributed by atoms with van der Waals surface area (Å²) in [6.07, 6.45) is 6.46. The Morgan fingerprint density at radius 1 is 1.22 bits per heavy atom. The first kappa shape index (κ1) is 13.9. The summed E-state index contributed by atoms with van der Waals surface area (Å²) in [5, 5.41) is 0. The van der Waals surface area contributed by atoms with Gasteiger partial charge in [-0.15, -0.1) is 0 Å². The van der Waals surface area contributed by atoms with Crippen LogP contribution >= 0.6 is 0 Å². The molecule has 0 aromatic heterocycles. The number of unbranched alkanes of at least 4 members (excludes halogenated alkanes) is 1. The molecule has 2 aliphatic carbocycles. The molecule has 0 heterocycles. The lowest BCUT2D eigenvalue weighted by Gasteiger charge is -2.42. The summed E-state index contributed by atoms with van der Waals surface area (Å²) in [7, 11) is 0. The Hall–Kier alpha value is -0.570. The van der Waals surface area contributed by atoms with Gasteiger partial charge in [-0.05, 0) is 49.9 Å². The van der Waals surface area contributed by atoms with Crippen LogP contribution in [0.3, 0.4) is 0 Å². The third-order valence-electron chi connectivity index (χ3n) is 5.03. The number of esters is 1. The van der Waals surface area contributed by atoms with Gasteiger partial charge in [0.05, 0.1) is 12.5 Å². The molecule has 2 N–H and O–H groups in total. The van der Waals surface area contributed by atoms with Crippen LogP contribution < -0.4 is 5.73 Å². The van der Waals surface area contributed by atoms with Gasteiger partial charge in [0.2, 0.25) is 0 Å². The van der Waals surface area contributed by atoms with Crippen molar-refractivity contribution < 1.29 is 9.53 Å². The maximum atomic E-state index is 12.2. The number of carbonyl (C=O) groups is 1. The van der Waals surface area contributed by atoms with Crippen LogP contribution in [0.25, 0.3) is 0 Å². The molecule has 0 radical (unpaired) electrons. The molecule has 2 saturated carbocycles. The van der Waals surface area contributed by atoms with Crippen LogP contribution in [0.5, 0.6) is 0 Å². The van der Waals surface area contributed by atoms with Crippen molar-refractivity contribution in [3.05, 3.63) is 0 Å². The van der Waals surface area contributed by atoms with Crippen LogP contribution in [-0.2, 0) is 9.53 Å². The van der Waals surface area contributed by atoms with Gasteiger partial charge in [-0.1, -0.05) is 20.3 Å². The van der Waals surface area contributed by atoms with Crippen molar-refractivity contribution in [1.29, 1.82) is 0 Å². The zero-order chi connectivity index (χ0) is 13.1. The number of hydrogen-bond acceptors (Lipinski definition) is 3. The molecule has 0 bridgehead atoms. The van der Waals surface area contributed by atoms with Gasteiger partial charge in [-0.2, -0.15) is 0 Å². The highest BCUT2D eigenvalue weighted by Crippen LogP contribution is 2.48. The molecule has 2 rings (SSSR count). The van der Waals surface area contributed by atoms with Gasteiger partial charge in [0.15, 0.2) is 0 Å². The minimum Gasteiger partial charge on any atom is -0.465 e. The monoisotopic (exact) mass is 253 g/mol. The van der Waals surface area contributed by atoms with Crippen molar-refractivity contribution in [3.63, 3.8) is 0 Å². The zero-order valence-electron chi connectivity index (χ0n) is 11.7. The highest BCUT2D eigenvalue weighted by atomic mass is 16.5. The van der Waals surface area contributed by atoms with E-state index in [2.05, 4.69) is 13.8 Å². The van der Waals surface area contributed by atoms with Gasteiger partial charge in [0, 0.05) is 6.04 Å². The number of fused-ring (bicyclic) bond motifs is 1. The second kappa shape index (κ2) is 6.05. The molecule has 0 aromatic rings. The summed E-state index contributed by atoms with van der Waals surface area (Å²) in [6, 6.07) is 0.289. The second-order valence-electron chi connectivity index (χ2n) is 6.16. The Labute approximate surface area is 110 Å². The van der Waals surface area contributed by atoms with E-state index in [1.807, 2.05) is 0 Å². The molecule has 18 heavy (non-hydrogen) atoms. The number of hydrogen-bond donors (Lipinski definition) is 1. The minimum absolute atomic E-state index is 0.0412. The topological polar surface area (TPSA) is 52.3 Å². The van der Waals surface area contributed by atoms with Gasteiger partial charge < -0.3 is 10.5 Å². The smallest absolute Gasteiger partial charge is 0.309 e. The third kappa shape index (κ3) is 2.71. The van der Waals surface area contributed by atoms with E-state index in [4.69, 9.17) is 10.5 Å². The molecular formula is C15H27NO2. The van der Waals surface area contributed by atoms with Crippen molar-refractivity contribution in [2.24, 2.45) is 29.4 Å². The van der Waals surface area contributed by atoms with Gasteiger partial charge in [0.1, 0.15) is 0 Å². The molecule has 2 fully saturated rings. The van der Waals surface area contributed by atoms with Crippen LogP contribution in [0.1, 0.15) is 52.4 Å². The second-order valence-corrected chi connectivity index (χ2v) is 6.16. The molecule has 104 valence electrons. The summed E-state index contributed by atoms with van der Waals surface area (Å²) in [5.74, 6) is 1.77. The standard InChI is InChI=1S/C15H27NO2/c1-3-4-9-18-15(17)13-6-5-10(2)14(16)12-8-7-11(12)13/h10-14H,3-9,16H2,1-2H3. The van der Waals surface area contributed by atoms with E-state index in [0.29, 0.717) is 24.4 Å². The van der Waals surface area contributed by atoms with E-state index in [0.717, 1.165) is 25.7 Å². The van der Waals surface area contributed by atoms with Crippen molar-refractivity contribution in [1.82, 2.24) is 0 Å². The quantitative estimate of drug-likeness (QED) is 0.619. The minimum atomic E-state index is 0.0412. The first-order chi connectivity index (χ1) is 8.65. The van der Waals surface area contributed by atoms with E-state index in [1.165, 1.54) is 12.8 Å². The predicted molar refractivity (Wildman–Crippen MR) is 71.9 cm³/mol. The molecule has 3 heteroatoms. The number of ether oxygens (including phenoxy) is 1. The van der Waals surface area contributed by atoms with Gasteiger partial charge >= 0.3 is 5.97 Å². The van der Waals surface area contributed by atoms with E-state index >= 15 is 0 Å². The fourth-order valence-corrected chi connectivity index (χ4v) is 3.52. The lowest BCUT2D eigenvalue weighted by Crippen LogP contribution is -2.46. The van der Waals surface area contributed by atoms with Crippen LogP contribution in [0.2, 0.25) is 0 Å². The van der Waals surface area contributed by atoms with Gasteiger partial charge in [-0.3, -0.25) is 4.79 Å². The van der Waals surface area contributed by atoms with Crippen molar-refractivity contribution in [2.45, 2.75) is 58.4 Å². The van der Waals surface area contributed by atoms with E-state index in [9.17, 15) is 4.79 Å². The molecule has 0 spiro atoms. The predicted octanol–water partition coefficient (Wildman–Crippen LogP) is 2.73. The van der Waals surface area contributed by atoms with Crippen molar-refractivity contribution in [3.8, 4) is 0 Å². The molecule has 0 amide bonds. The van der Waals surface area contributed by atoms with Gasteiger partial charge in [-0.25, -0.2) is 0 Å².